The molecule has 1 fully saturated rings. The molecule has 10 heteroatoms. The number of piperazine rings is 1. The minimum Gasteiger partial charge on any atom is -0.497 e. The van der Waals surface area contributed by atoms with Gasteiger partial charge < -0.3 is 25.3 Å². The van der Waals surface area contributed by atoms with Crippen molar-refractivity contribution in [3.63, 3.8) is 0 Å². The Morgan fingerprint density at radius 3 is 2.39 bits per heavy atom. The fraction of sp³-hybridized carbons (Fsp3) is 0.391. The zero-order valence-electron chi connectivity index (χ0n) is 19.6. The molecule has 0 saturated carbocycles. The molecule has 4 rings (SSSR count). The summed E-state index contributed by atoms with van der Waals surface area (Å²) in [4.78, 5) is 9.34. The zero-order valence-corrected chi connectivity index (χ0v) is 20.4. The maximum absolute atomic E-state index is 13.4. The topological polar surface area (TPSA) is 90.0 Å². The van der Waals surface area contributed by atoms with Crippen LogP contribution in [0.15, 0.2) is 42.5 Å². The number of nitrogens with one attached hydrogen (secondary N) is 1. The van der Waals surface area contributed by atoms with Crippen LogP contribution >= 0.6 is 12.4 Å². The fourth-order valence-electron chi connectivity index (χ4n) is 4.07. The maximum atomic E-state index is 13.4. The summed E-state index contributed by atoms with van der Waals surface area (Å²) in [5.74, 6) is 1.92. The highest BCUT2D eigenvalue weighted by molar-refractivity contribution is 5.85. The van der Waals surface area contributed by atoms with E-state index in [-0.39, 0.29) is 29.2 Å². The third-order valence-electron chi connectivity index (χ3n) is 5.76. The average Bonchev–Trinajstić information content (AvgIpc) is 3.10. The van der Waals surface area contributed by atoms with E-state index in [2.05, 4.69) is 46.2 Å². The van der Waals surface area contributed by atoms with Crippen LogP contribution in [0.4, 0.5) is 27.7 Å². The van der Waals surface area contributed by atoms with Crippen molar-refractivity contribution in [2.75, 3.05) is 41.9 Å². The van der Waals surface area contributed by atoms with Gasteiger partial charge in [-0.2, -0.15) is 4.98 Å². The van der Waals surface area contributed by atoms with Crippen molar-refractivity contribution in [3.05, 3.63) is 53.8 Å². The van der Waals surface area contributed by atoms with E-state index in [9.17, 15) is 4.39 Å². The number of aryl methyl sites for hydroxylation is 2. The van der Waals surface area contributed by atoms with Gasteiger partial charge in [0.2, 0.25) is 11.9 Å². The molecule has 180 valence electrons. The maximum Gasteiger partial charge on any atom is 0.246 e. The first-order chi connectivity index (χ1) is 14.8. The van der Waals surface area contributed by atoms with Crippen molar-refractivity contribution in [2.45, 2.75) is 26.3 Å². The SMILES string of the molecule is COc1ccc(N2CCN(c3nc(Nc4ccc(F)cc4C)n(C)n3)CC2(C)C)cc1.Cl.O. The molecule has 3 N–H and O–H groups in total. The number of anilines is 4. The Balaban J connectivity index is 0.00000193. The Morgan fingerprint density at radius 2 is 1.79 bits per heavy atom. The number of aromatic nitrogens is 3. The number of benzene rings is 2. The van der Waals surface area contributed by atoms with Crippen molar-refractivity contribution in [3.8, 4) is 5.75 Å². The van der Waals surface area contributed by atoms with E-state index in [1.165, 1.54) is 17.8 Å². The molecule has 8 nitrogen and oxygen atoms in total. The molecule has 0 unspecified atom stereocenters. The van der Waals surface area contributed by atoms with Gasteiger partial charge in [0, 0.05) is 38.1 Å². The van der Waals surface area contributed by atoms with E-state index in [4.69, 9.17) is 9.72 Å². The first-order valence-corrected chi connectivity index (χ1v) is 10.4. The van der Waals surface area contributed by atoms with Crippen molar-refractivity contribution in [1.29, 1.82) is 0 Å². The van der Waals surface area contributed by atoms with Crippen LogP contribution in [0.1, 0.15) is 19.4 Å². The minimum absolute atomic E-state index is 0. The number of hydrogen-bond acceptors (Lipinski definition) is 6. The van der Waals surface area contributed by atoms with Crippen LogP contribution in [0.2, 0.25) is 0 Å². The van der Waals surface area contributed by atoms with Crippen LogP contribution in [0, 0.1) is 12.7 Å². The highest BCUT2D eigenvalue weighted by Crippen LogP contribution is 2.31. The lowest BCUT2D eigenvalue weighted by Crippen LogP contribution is -2.60. The molecular weight excluding hydrogens is 447 g/mol. The average molecular weight is 479 g/mol. The van der Waals surface area contributed by atoms with E-state index >= 15 is 0 Å². The fourth-order valence-corrected chi connectivity index (χ4v) is 4.07. The molecule has 2 aromatic carbocycles. The second-order valence-corrected chi connectivity index (χ2v) is 8.53. The molecule has 0 aliphatic carbocycles. The van der Waals surface area contributed by atoms with Gasteiger partial charge in [-0.25, -0.2) is 9.07 Å². The second kappa shape index (κ2) is 10.3. The van der Waals surface area contributed by atoms with Crippen LogP contribution in [0.3, 0.4) is 0 Å². The molecule has 33 heavy (non-hydrogen) atoms. The molecule has 2 heterocycles. The summed E-state index contributed by atoms with van der Waals surface area (Å²) in [7, 11) is 3.54. The summed E-state index contributed by atoms with van der Waals surface area (Å²) in [6.45, 7) is 8.79. The van der Waals surface area contributed by atoms with Gasteiger partial charge in [0.25, 0.3) is 0 Å². The van der Waals surface area contributed by atoms with Gasteiger partial charge in [-0.1, -0.05) is 0 Å². The first-order valence-electron chi connectivity index (χ1n) is 10.4. The predicted molar refractivity (Wildman–Crippen MR) is 133 cm³/mol. The summed E-state index contributed by atoms with van der Waals surface area (Å²) in [5.41, 5.74) is 2.70. The summed E-state index contributed by atoms with van der Waals surface area (Å²) in [6.07, 6.45) is 0. The third kappa shape index (κ3) is 5.48. The van der Waals surface area contributed by atoms with Crippen molar-refractivity contribution >= 4 is 35.7 Å². The normalized spacial score (nSPS) is 14.8. The lowest BCUT2D eigenvalue weighted by atomic mass is 9.98. The van der Waals surface area contributed by atoms with E-state index < -0.39 is 0 Å². The molecule has 3 aromatic rings. The van der Waals surface area contributed by atoms with Crippen LogP contribution in [-0.2, 0) is 7.05 Å². The molecule has 0 spiro atoms. The minimum atomic E-state index is -0.251. The second-order valence-electron chi connectivity index (χ2n) is 8.53. The lowest BCUT2D eigenvalue weighted by molar-refractivity contribution is 0.407. The van der Waals surface area contributed by atoms with Crippen molar-refractivity contribution < 1.29 is 14.6 Å². The van der Waals surface area contributed by atoms with E-state index in [1.54, 1.807) is 17.9 Å². The number of halogens is 2. The Bertz CT molecular complexity index is 1070. The van der Waals surface area contributed by atoms with Crippen molar-refractivity contribution in [1.82, 2.24) is 14.8 Å². The predicted octanol–water partition coefficient (Wildman–Crippen LogP) is 3.72. The quantitative estimate of drug-likeness (QED) is 0.601. The number of rotatable bonds is 5. The monoisotopic (exact) mass is 478 g/mol. The van der Waals surface area contributed by atoms with Crippen LogP contribution in [0.5, 0.6) is 5.75 Å². The summed E-state index contributed by atoms with van der Waals surface area (Å²) < 4.78 is 20.4. The molecule has 0 atom stereocenters. The molecule has 0 radical (unpaired) electrons. The van der Waals surface area contributed by atoms with Gasteiger partial charge in [-0.05, 0) is 68.8 Å². The summed E-state index contributed by atoms with van der Waals surface area (Å²) in [5, 5.41) is 7.89. The Hall–Kier alpha value is -3.04. The van der Waals surface area contributed by atoms with E-state index in [0.29, 0.717) is 11.9 Å². The van der Waals surface area contributed by atoms with Crippen LogP contribution in [-0.4, -0.2) is 52.5 Å². The van der Waals surface area contributed by atoms with Gasteiger partial charge in [0.1, 0.15) is 11.6 Å². The highest BCUT2D eigenvalue weighted by Gasteiger charge is 2.35. The number of hydrogen-bond donors (Lipinski definition) is 1. The molecule has 0 amide bonds. The molecule has 0 bridgehead atoms. The largest absolute Gasteiger partial charge is 0.497 e. The van der Waals surface area contributed by atoms with Crippen LogP contribution < -0.4 is 19.9 Å². The van der Waals surface area contributed by atoms with Gasteiger partial charge in [0.15, 0.2) is 0 Å². The first kappa shape index (κ1) is 26.2. The molecule has 1 aliphatic rings. The van der Waals surface area contributed by atoms with Gasteiger partial charge in [-0.15, -0.1) is 17.5 Å². The summed E-state index contributed by atoms with van der Waals surface area (Å²) in [6, 6.07) is 12.8. The Morgan fingerprint density at radius 1 is 1.09 bits per heavy atom. The van der Waals surface area contributed by atoms with E-state index in [1.807, 2.05) is 26.1 Å². The van der Waals surface area contributed by atoms with Gasteiger partial charge in [-0.3, -0.25) is 0 Å². The molecule has 1 saturated heterocycles. The highest BCUT2D eigenvalue weighted by atomic mass is 35.5. The Kier molecular flexibility index (Phi) is 8.16. The summed E-state index contributed by atoms with van der Waals surface area (Å²) >= 11 is 0. The zero-order chi connectivity index (χ0) is 22.2. The number of ether oxygens (including phenoxy) is 1. The standard InChI is InChI=1S/C23H29FN6O.ClH.H2O/c1-16-14-17(24)6-11-20(16)25-21-26-22(27-28(21)4)29-12-13-30(23(2,3)15-29)18-7-9-19(31-5)10-8-18;;/h6-11,14H,12-13,15H2,1-5H3,(H,25,26,27);1H;1H2. The smallest absolute Gasteiger partial charge is 0.246 e. The number of nitrogens with zero attached hydrogens (tertiary/aromatic N) is 5. The third-order valence-corrected chi connectivity index (χ3v) is 5.76. The molecule has 1 aliphatic heterocycles. The molecule has 1 aromatic heterocycles. The lowest BCUT2D eigenvalue weighted by Gasteiger charge is -2.48. The van der Waals surface area contributed by atoms with Crippen LogP contribution in [0.25, 0.3) is 0 Å². The van der Waals surface area contributed by atoms with E-state index in [0.717, 1.165) is 36.6 Å². The van der Waals surface area contributed by atoms with Crippen molar-refractivity contribution in [2.24, 2.45) is 7.05 Å². The number of methoxy groups -OCH3 is 1. The molecular formula is C23H32ClFN6O2. The Labute approximate surface area is 200 Å². The van der Waals surface area contributed by atoms with Gasteiger partial charge >= 0.3 is 0 Å². The van der Waals surface area contributed by atoms with Gasteiger partial charge in [0.05, 0.1) is 12.6 Å².